The zero-order valence-corrected chi connectivity index (χ0v) is 17.5. The van der Waals surface area contributed by atoms with Crippen molar-refractivity contribution in [2.24, 2.45) is 0 Å². The van der Waals surface area contributed by atoms with Gasteiger partial charge in [-0.2, -0.15) is 0 Å². The third-order valence-corrected chi connectivity index (χ3v) is 5.83. The summed E-state index contributed by atoms with van der Waals surface area (Å²) < 4.78 is 11.3. The standard InChI is InChI=1S/C22H26N2O4S/c1-16(25)23-17-7-5-8-18(15-17)28-13-6-12-24-21(26)11-14-29-22(24)19-9-3-4-10-20(19)27-2/h3-5,7-10,15,22H,6,11-14H2,1-2H3,(H,23,25). The van der Waals surface area contributed by atoms with Crippen LogP contribution in [0.3, 0.4) is 0 Å². The van der Waals surface area contributed by atoms with E-state index >= 15 is 0 Å². The number of ether oxygens (including phenoxy) is 2. The van der Waals surface area contributed by atoms with Crippen LogP contribution in [0.5, 0.6) is 11.5 Å². The average molecular weight is 415 g/mol. The number of anilines is 1. The summed E-state index contributed by atoms with van der Waals surface area (Å²) in [6, 6.07) is 15.2. The number of nitrogens with zero attached hydrogens (tertiary/aromatic N) is 1. The fourth-order valence-electron chi connectivity index (χ4n) is 3.28. The number of benzene rings is 2. The van der Waals surface area contributed by atoms with Crippen LogP contribution in [0.2, 0.25) is 0 Å². The lowest BCUT2D eigenvalue weighted by molar-refractivity contribution is -0.132. The number of hydrogen-bond donors (Lipinski definition) is 1. The zero-order valence-electron chi connectivity index (χ0n) is 16.7. The molecule has 2 amide bonds. The van der Waals surface area contributed by atoms with Gasteiger partial charge >= 0.3 is 0 Å². The molecule has 0 radical (unpaired) electrons. The largest absolute Gasteiger partial charge is 0.496 e. The monoisotopic (exact) mass is 414 g/mol. The molecule has 1 unspecified atom stereocenters. The number of amides is 2. The SMILES string of the molecule is COc1ccccc1C1SCCC(=O)N1CCCOc1cccc(NC(C)=O)c1. The maximum atomic E-state index is 12.6. The van der Waals surface area contributed by atoms with Crippen LogP contribution in [-0.4, -0.2) is 42.7 Å². The first-order valence-corrected chi connectivity index (χ1v) is 10.7. The van der Waals surface area contributed by atoms with E-state index in [2.05, 4.69) is 5.32 Å². The van der Waals surface area contributed by atoms with E-state index in [9.17, 15) is 9.59 Å². The fraction of sp³-hybridized carbons (Fsp3) is 0.364. The van der Waals surface area contributed by atoms with Gasteiger partial charge in [-0.15, -0.1) is 11.8 Å². The first kappa shape index (κ1) is 21.0. The molecule has 1 aliphatic heterocycles. The molecule has 6 nitrogen and oxygen atoms in total. The van der Waals surface area contributed by atoms with E-state index in [-0.39, 0.29) is 17.2 Å². The molecule has 1 N–H and O–H groups in total. The lowest BCUT2D eigenvalue weighted by Crippen LogP contribution is -2.38. The van der Waals surface area contributed by atoms with E-state index in [1.54, 1.807) is 24.9 Å². The normalized spacial score (nSPS) is 16.4. The minimum Gasteiger partial charge on any atom is -0.496 e. The molecule has 1 aliphatic rings. The van der Waals surface area contributed by atoms with E-state index < -0.39 is 0 Å². The number of rotatable bonds is 8. The Bertz CT molecular complexity index is 858. The van der Waals surface area contributed by atoms with E-state index in [1.165, 1.54) is 6.92 Å². The molecule has 1 atom stereocenters. The van der Waals surface area contributed by atoms with E-state index in [1.807, 2.05) is 47.4 Å². The van der Waals surface area contributed by atoms with Crippen LogP contribution in [0, 0.1) is 0 Å². The van der Waals surface area contributed by atoms with Crippen LogP contribution in [0.25, 0.3) is 0 Å². The molecule has 1 saturated heterocycles. The molecule has 7 heteroatoms. The highest BCUT2D eigenvalue weighted by molar-refractivity contribution is 7.99. The molecule has 0 spiro atoms. The lowest BCUT2D eigenvalue weighted by Gasteiger charge is -2.36. The van der Waals surface area contributed by atoms with Crippen molar-refractivity contribution in [2.75, 3.05) is 31.3 Å². The van der Waals surface area contributed by atoms with Crippen LogP contribution in [0.1, 0.15) is 30.7 Å². The third kappa shape index (κ3) is 5.67. The predicted octanol–water partition coefficient (Wildman–Crippen LogP) is 4.09. The molecule has 29 heavy (non-hydrogen) atoms. The first-order chi connectivity index (χ1) is 14.1. The highest BCUT2D eigenvalue weighted by atomic mass is 32.2. The molecule has 0 saturated carbocycles. The minimum absolute atomic E-state index is 0.0458. The van der Waals surface area contributed by atoms with Crippen molar-refractivity contribution in [3.8, 4) is 11.5 Å². The van der Waals surface area contributed by atoms with Gasteiger partial charge in [-0.1, -0.05) is 24.3 Å². The topological polar surface area (TPSA) is 67.9 Å². The lowest BCUT2D eigenvalue weighted by atomic mass is 10.1. The second-order valence-corrected chi connectivity index (χ2v) is 7.90. The van der Waals surface area contributed by atoms with Crippen molar-refractivity contribution in [1.29, 1.82) is 0 Å². The fourth-order valence-corrected chi connectivity index (χ4v) is 4.58. The van der Waals surface area contributed by atoms with Gasteiger partial charge in [0.2, 0.25) is 11.8 Å². The van der Waals surface area contributed by atoms with Crippen LogP contribution in [-0.2, 0) is 9.59 Å². The number of hydrogen-bond acceptors (Lipinski definition) is 5. The predicted molar refractivity (Wildman–Crippen MR) is 115 cm³/mol. The minimum atomic E-state index is -0.120. The number of para-hydroxylation sites is 1. The molecule has 2 aromatic rings. The molecular weight excluding hydrogens is 388 g/mol. The van der Waals surface area contributed by atoms with E-state index in [0.29, 0.717) is 37.4 Å². The van der Waals surface area contributed by atoms with Crippen LogP contribution < -0.4 is 14.8 Å². The number of methoxy groups -OCH3 is 1. The van der Waals surface area contributed by atoms with Crippen molar-refractivity contribution < 1.29 is 19.1 Å². The first-order valence-electron chi connectivity index (χ1n) is 9.63. The summed E-state index contributed by atoms with van der Waals surface area (Å²) in [7, 11) is 1.65. The summed E-state index contributed by atoms with van der Waals surface area (Å²) in [5, 5.41) is 2.70. The molecule has 0 bridgehead atoms. The van der Waals surface area contributed by atoms with Gasteiger partial charge in [0.25, 0.3) is 0 Å². The van der Waals surface area contributed by atoms with E-state index in [0.717, 1.165) is 17.1 Å². The third-order valence-electron chi connectivity index (χ3n) is 4.57. The van der Waals surface area contributed by atoms with Crippen molar-refractivity contribution in [3.05, 3.63) is 54.1 Å². The average Bonchev–Trinajstić information content (AvgIpc) is 2.72. The van der Waals surface area contributed by atoms with Crippen molar-refractivity contribution in [2.45, 2.75) is 25.1 Å². The van der Waals surface area contributed by atoms with Crippen LogP contribution in [0.15, 0.2) is 48.5 Å². The molecule has 1 fully saturated rings. The Morgan fingerprint density at radius 1 is 1.24 bits per heavy atom. The second kappa shape index (κ2) is 10.2. The Balaban J connectivity index is 1.59. The van der Waals surface area contributed by atoms with Crippen LogP contribution in [0.4, 0.5) is 5.69 Å². The molecule has 1 heterocycles. The maximum Gasteiger partial charge on any atom is 0.224 e. The summed E-state index contributed by atoms with van der Waals surface area (Å²) in [6.07, 6.45) is 1.26. The van der Waals surface area contributed by atoms with Gasteiger partial charge in [0, 0.05) is 43.0 Å². The van der Waals surface area contributed by atoms with Gasteiger partial charge in [0.05, 0.1) is 13.7 Å². The summed E-state index contributed by atoms with van der Waals surface area (Å²) in [5.74, 6) is 2.34. The Kier molecular flexibility index (Phi) is 7.41. The summed E-state index contributed by atoms with van der Waals surface area (Å²) in [4.78, 5) is 25.7. The number of thioether (sulfide) groups is 1. The number of carbonyl (C=O) groups excluding carboxylic acids is 2. The van der Waals surface area contributed by atoms with Gasteiger partial charge in [-0.25, -0.2) is 0 Å². The zero-order chi connectivity index (χ0) is 20.6. The Morgan fingerprint density at radius 3 is 2.86 bits per heavy atom. The smallest absolute Gasteiger partial charge is 0.224 e. The van der Waals surface area contributed by atoms with Crippen LogP contribution >= 0.6 is 11.8 Å². The van der Waals surface area contributed by atoms with Gasteiger partial charge < -0.3 is 19.7 Å². The van der Waals surface area contributed by atoms with Crippen molar-refractivity contribution >= 4 is 29.3 Å². The highest BCUT2D eigenvalue weighted by Gasteiger charge is 2.31. The Morgan fingerprint density at radius 2 is 2.07 bits per heavy atom. The van der Waals surface area contributed by atoms with Crippen molar-refractivity contribution in [3.63, 3.8) is 0 Å². The molecule has 0 aliphatic carbocycles. The second-order valence-electron chi connectivity index (χ2n) is 6.71. The molecule has 3 rings (SSSR count). The number of carbonyl (C=O) groups is 2. The molecule has 0 aromatic heterocycles. The molecule has 2 aromatic carbocycles. The van der Waals surface area contributed by atoms with Gasteiger partial charge in [0.1, 0.15) is 16.9 Å². The summed E-state index contributed by atoms with van der Waals surface area (Å²) in [6.45, 7) is 2.57. The summed E-state index contributed by atoms with van der Waals surface area (Å²) in [5.41, 5.74) is 1.73. The Hall–Kier alpha value is -2.67. The van der Waals surface area contributed by atoms with Gasteiger partial charge in [-0.3, -0.25) is 9.59 Å². The Labute approximate surface area is 175 Å². The summed E-state index contributed by atoms with van der Waals surface area (Å²) >= 11 is 1.76. The van der Waals surface area contributed by atoms with Gasteiger partial charge in [-0.05, 0) is 24.6 Å². The van der Waals surface area contributed by atoms with Gasteiger partial charge in [0.15, 0.2) is 0 Å². The number of nitrogens with one attached hydrogen (secondary N) is 1. The molecule has 154 valence electrons. The quantitative estimate of drug-likeness (QED) is 0.659. The maximum absolute atomic E-state index is 12.6. The highest BCUT2D eigenvalue weighted by Crippen LogP contribution is 2.41. The van der Waals surface area contributed by atoms with Crippen molar-refractivity contribution in [1.82, 2.24) is 4.90 Å². The molecular formula is C22H26N2O4S. The van der Waals surface area contributed by atoms with E-state index in [4.69, 9.17) is 9.47 Å².